The summed E-state index contributed by atoms with van der Waals surface area (Å²) >= 11 is 0. The Morgan fingerprint density at radius 1 is 1.23 bits per heavy atom. The number of aryl methyl sites for hydroxylation is 1. The van der Waals surface area contributed by atoms with Crippen LogP contribution in [0.1, 0.15) is 35.2 Å². The summed E-state index contributed by atoms with van der Waals surface area (Å²) in [6.07, 6.45) is 5.36. The first-order valence-electron chi connectivity index (χ1n) is 10.0. The van der Waals surface area contributed by atoms with Crippen molar-refractivity contribution in [2.45, 2.75) is 44.0 Å². The van der Waals surface area contributed by atoms with Crippen molar-refractivity contribution >= 4 is 10.1 Å². The van der Waals surface area contributed by atoms with E-state index in [1.54, 1.807) is 4.68 Å². The monoisotopic (exact) mass is 430 g/mol. The first-order valence-corrected chi connectivity index (χ1v) is 11.8. The van der Waals surface area contributed by atoms with Crippen molar-refractivity contribution in [1.29, 1.82) is 0 Å². The summed E-state index contributed by atoms with van der Waals surface area (Å²) < 4.78 is 43.3. The molecule has 0 radical (unpaired) electrons. The second-order valence-electron chi connectivity index (χ2n) is 8.43. The second-order valence-corrected chi connectivity index (χ2v) is 10.0. The number of nitrogens with zero attached hydrogens (tertiary/aromatic N) is 4. The first-order chi connectivity index (χ1) is 14.4. The summed E-state index contributed by atoms with van der Waals surface area (Å²) in [5, 5.41) is 8.35. The van der Waals surface area contributed by atoms with E-state index in [1.807, 2.05) is 25.3 Å². The van der Waals surface area contributed by atoms with E-state index in [2.05, 4.69) is 21.3 Å². The van der Waals surface area contributed by atoms with Crippen LogP contribution in [0, 0.1) is 6.92 Å². The van der Waals surface area contributed by atoms with E-state index in [0.29, 0.717) is 5.75 Å². The molecule has 158 valence electrons. The number of fused-ring (bicyclic) bond motifs is 3. The second kappa shape index (κ2) is 6.29. The number of ether oxygens (including phenoxy) is 2. The van der Waals surface area contributed by atoms with Gasteiger partial charge in [0, 0.05) is 31.2 Å². The summed E-state index contributed by atoms with van der Waals surface area (Å²) in [4.78, 5) is 2.41. The molecule has 1 saturated heterocycles. The molecule has 0 N–H and O–H groups in total. The van der Waals surface area contributed by atoms with Crippen molar-refractivity contribution in [1.82, 2.24) is 19.9 Å². The van der Waals surface area contributed by atoms with Crippen molar-refractivity contribution in [3.8, 4) is 11.5 Å². The maximum Gasteiger partial charge on any atom is 0.264 e. The summed E-state index contributed by atoms with van der Waals surface area (Å²) in [6.45, 7) is 3.78. The Morgan fingerprint density at radius 2 is 2.03 bits per heavy atom. The Balaban J connectivity index is 1.55. The number of benzene rings is 1. The Morgan fingerprint density at radius 3 is 2.77 bits per heavy atom. The van der Waals surface area contributed by atoms with Gasteiger partial charge in [0.1, 0.15) is 12.1 Å². The molecule has 6 rings (SSSR count). The van der Waals surface area contributed by atoms with Gasteiger partial charge in [0.05, 0.1) is 11.9 Å². The summed E-state index contributed by atoms with van der Waals surface area (Å²) in [6, 6.07) is 3.76. The van der Waals surface area contributed by atoms with E-state index in [0.717, 1.165) is 48.3 Å². The summed E-state index contributed by atoms with van der Waals surface area (Å²) in [5.74, 6) is 1.26. The summed E-state index contributed by atoms with van der Waals surface area (Å²) in [7, 11) is -3.70. The van der Waals surface area contributed by atoms with Crippen LogP contribution in [0.2, 0.25) is 0 Å². The highest BCUT2D eigenvalue weighted by Gasteiger charge is 2.51. The maximum atomic E-state index is 12.3. The Bertz CT molecular complexity index is 1170. The van der Waals surface area contributed by atoms with Gasteiger partial charge in [-0.3, -0.25) is 9.08 Å². The van der Waals surface area contributed by atoms with E-state index >= 15 is 0 Å². The minimum atomic E-state index is -3.70. The molecule has 30 heavy (non-hydrogen) atoms. The average molecular weight is 430 g/mol. The van der Waals surface area contributed by atoms with Gasteiger partial charge in [0.25, 0.3) is 10.1 Å². The van der Waals surface area contributed by atoms with Crippen molar-refractivity contribution < 1.29 is 22.1 Å². The van der Waals surface area contributed by atoms with Crippen LogP contribution in [0.25, 0.3) is 0 Å². The van der Waals surface area contributed by atoms with Crippen LogP contribution in [0.15, 0.2) is 30.0 Å². The van der Waals surface area contributed by atoms with Crippen LogP contribution >= 0.6 is 0 Å². The van der Waals surface area contributed by atoms with E-state index in [9.17, 15) is 8.42 Å². The molecule has 9 nitrogen and oxygen atoms in total. The molecular formula is C20H22N4O5S. The fourth-order valence-electron chi connectivity index (χ4n) is 5.39. The maximum absolute atomic E-state index is 12.3. The normalized spacial score (nSPS) is 29.5. The third-order valence-corrected chi connectivity index (χ3v) is 7.03. The lowest BCUT2D eigenvalue weighted by Crippen LogP contribution is -2.50. The van der Waals surface area contributed by atoms with Gasteiger partial charge in [0.15, 0.2) is 11.5 Å². The van der Waals surface area contributed by atoms with Crippen LogP contribution < -0.4 is 9.47 Å². The quantitative estimate of drug-likeness (QED) is 0.534. The molecular weight excluding hydrogens is 408 g/mol. The SMILES string of the molecule is Cc1cn(C2C=C3CCN4Cc5cc6c(cc5[C@@H](C34)[C@@H]2OS(C)(=O)=O)OCO6)nn1. The molecule has 1 fully saturated rings. The fourth-order valence-corrected chi connectivity index (χ4v) is 6.02. The van der Waals surface area contributed by atoms with Gasteiger partial charge in [-0.25, -0.2) is 4.68 Å². The molecule has 2 unspecified atom stereocenters. The Labute approximate surface area is 174 Å². The van der Waals surface area contributed by atoms with Crippen LogP contribution in [0.5, 0.6) is 11.5 Å². The summed E-state index contributed by atoms with van der Waals surface area (Å²) in [5.41, 5.74) is 4.26. The highest BCUT2D eigenvalue weighted by Crippen LogP contribution is 2.52. The van der Waals surface area contributed by atoms with Crippen LogP contribution in [-0.4, -0.2) is 60.1 Å². The van der Waals surface area contributed by atoms with Gasteiger partial charge < -0.3 is 9.47 Å². The molecule has 1 aliphatic carbocycles. The largest absolute Gasteiger partial charge is 0.454 e. The smallest absolute Gasteiger partial charge is 0.264 e. The van der Waals surface area contributed by atoms with Crippen molar-refractivity contribution in [2.75, 3.05) is 19.6 Å². The van der Waals surface area contributed by atoms with Crippen LogP contribution in [0.3, 0.4) is 0 Å². The molecule has 0 spiro atoms. The van der Waals surface area contributed by atoms with Crippen molar-refractivity contribution in [3.63, 3.8) is 0 Å². The number of hydrogen-bond acceptors (Lipinski definition) is 8. The number of hydrogen-bond donors (Lipinski definition) is 0. The van der Waals surface area contributed by atoms with Crippen LogP contribution in [0.4, 0.5) is 0 Å². The number of rotatable bonds is 3. The Hall–Kier alpha value is -2.43. The average Bonchev–Trinajstić information content (AvgIpc) is 3.40. The highest BCUT2D eigenvalue weighted by molar-refractivity contribution is 7.86. The van der Waals surface area contributed by atoms with E-state index in [-0.39, 0.29) is 24.8 Å². The molecule has 0 bridgehead atoms. The zero-order chi connectivity index (χ0) is 20.6. The molecule has 0 saturated carbocycles. The van der Waals surface area contributed by atoms with Gasteiger partial charge in [-0.2, -0.15) is 8.42 Å². The molecule has 3 aliphatic heterocycles. The molecule has 10 heteroatoms. The lowest BCUT2D eigenvalue weighted by atomic mass is 9.72. The van der Waals surface area contributed by atoms with E-state index < -0.39 is 16.2 Å². The predicted octanol–water partition coefficient (Wildman–Crippen LogP) is 1.51. The first kappa shape index (κ1) is 18.3. The standard InChI is InChI=1S/C20H22N4O5S/c1-11-8-24(22-21-11)15-5-12-3-4-23-9-13-6-16-17(28-10-27-16)7-14(13)18(19(12)23)20(15)29-30(2,25)26/h5-8,15,18-20H,3-4,9-10H2,1-2H3/t15?,18-,19?,20+/m0/s1. The highest BCUT2D eigenvalue weighted by atomic mass is 32.2. The minimum Gasteiger partial charge on any atom is -0.454 e. The number of aromatic nitrogens is 3. The molecule has 1 aromatic carbocycles. The molecule has 4 aliphatic rings. The van der Waals surface area contributed by atoms with Crippen molar-refractivity contribution in [2.24, 2.45) is 0 Å². The zero-order valence-corrected chi connectivity index (χ0v) is 17.5. The topological polar surface area (TPSA) is 95.8 Å². The van der Waals surface area contributed by atoms with Gasteiger partial charge >= 0.3 is 0 Å². The molecule has 1 aromatic heterocycles. The van der Waals surface area contributed by atoms with E-state index in [1.165, 1.54) is 5.57 Å². The van der Waals surface area contributed by atoms with Crippen LogP contribution in [-0.2, 0) is 20.8 Å². The van der Waals surface area contributed by atoms with Gasteiger partial charge in [-0.05, 0) is 36.6 Å². The minimum absolute atomic E-state index is 0.102. The third-order valence-electron chi connectivity index (χ3n) is 6.46. The fraction of sp³-hybridized carbons (Fsp3) is 0.500. The van der Waals surface area contributed by atoms with Gasteiger partial charge in [0.2, 0.25) is 6.79 Å². The van der Waals surface area contributed by atoms with E-state index in [4.69, 9.17) is 13.7 Å². The van der Waals surface area contributed by atoms with Crippen molar-refractivity contribution in [3.05, 3.63) is 46.8 Å². The Kier molecular flexibility index (Phi) is 3.84. The van der Waals surface area contributed by atoms with Gasteiger partial charge in [-0.1, -0.05) is 16.9 Å². The predicted molar refractivity (Wildman–Crippen MR) is 106 cm³/mol. The lowest BCUT2D eigenvalue weighted by Gasteiger charge is -2.46. The molecule has 0 amide bonds. The molecule has 4 atom stereocenters. The lowest BCUT2D eigenvalue weighted by molar-refractivity contribution is 0.0728. The molecule has 4 heterocycles. The third kappa shape index (κ3) is 2.78. The van der Waals surface area contributed by atoms with Gasteiger partial charge in [-0.15, -0.1) is 5.10 Å². The zero-order valence-electron chi connectivity index (χ0n) is 16.7. The molecule has 2 aromatic rings.